The molecule has 13 heavy (non-hydrogen) atoms. The van der Waals surface area contributed by atoms with Gasteiger partial charge < -0.3 is 4.48 Å². The molecule has 0 spiro atoms. The Kier molecular flexibility index (Phi) is 6.65. The van der Waals surface area contributed by atoms with Crippen molar-refractivity contribution < 1.29 is 4.48 Å². The van der Waals surface area contributed by atoms with Crippen LogP contribution in [-0.4, -0.2) is 36.5 Å². The van der Waals surface area contributed by atoms with E-state index in [1.807, 2.05) is 18.2 Å². The molecule has 0 aromatic rings. The van der Waals surface area contributed by atoms with E-state index < -0.39 is 0 Å². The summed E-state index contributed by atoms with van der Waals surface area (Å²) >= 11 is 5.77. The molecule has 0 fully saturated rings. The van der Waals surface area contributed by atoms with Crippen LogP contribution in [0.1, 0.15) is 0 Å². The second kappa shape index (κ2) is 6.93. The van der Waals surface area contributed by atoms with Crippen LogP contribution in [0, 0.1) is 0 Å². The highest BCUT2D eigenvalue weighted by Gasteiger charge is 2.21. The van der Waals surface area contributed by atoms with Gasteiger partial charge >= 0.3 is 0 Å². The Morgan fingerprint density at radius 1 is 0.923 bits per heavy atom. The molecule has 0 rings (SSSR count). The van der Waals surface area contributed by atoms with Gasteiger partial charge in [-0.25, -0.2) is 0 Å². The molecular formula is C11H19ClN+. The van der Waals surface area contributed by atoms with Gasteiger partial charge in [-0.3, -0.25) is 0 Å². The van der Waals surface area contributed by atoms with E-state index in [0.717, 1.165) is 30.7 Å². The summed E-state index contributed by atoms with van der Waals surface area (Å²) in [6.45, 7) is 15.0. The molecule has 0 aliphatic heterocycles. The molecule has 1 nitrogen and oxygen atoms in total. The van der Waals surface area contributed by atoms with Crippen LogP contribution in [0.15, 0.2) is 38.0 Å². The van der Waals surface area contributed by atoms with Crippen molar-refractivity contribution in [2.75, 3.05) is 32.1 Å². The van der Waals surface area contributed by atoms with Gasteiger partial charge in [-0.1, -0.05) is 19.7 Å². The first-order valence-electron chi connectivity index (χ1n) is 4.48. The number of quaternary nitrogens is 1. The van der Waals surface area contributed by atoms with E-state index in [0.29, 0.717) is 5.88 Å². The van der Waals surface area contributed by atoms with Gasteiger partial charge in [0.2, 0.25) is 0 Å². The van der Waals surface area contributed by atoms with Crippen molar-refractivity contribution in [1.82, 2.24) is 0 Å². The second-order valence-corrected chi connectivity index (χ2v) is 3.55. The van der Waals surface area contributed by atoms with E-state index >= 15 is 0 Å². The van der Waals surface area contributed by atoms with Crippen LogP contribution in [-0.2, 0) is 0 Å². The van der Waals surface area contributed by atoms with Crippen LogP contribution in [0.2, 0.25) is 0 Å². The lowest BCUT2D eigenvalue weighted by Crippen LogP contribution is -2.49. The highest BCUT2D eigenvalue weighted by molar-refractivity contribution is 6.17. The monoisotopic (exact) mass is 200 g/mol. The molecule has 0 saturated heterocycles. The smallest absolute Gasteiger partial charge is 0.0976 e. The van der Waals surface area contributed by atoms with E-state index in [9.17, 15) is 0 Å². The quantitative estimate of drug-likeness (QED) is 0.321. The summed E-state index contributed by atoms with van der Waals surface area (Å²) in [7, 11) is 0. The number of hydrogen-bond donors (Lipinski definition) is 0. The van der Waals surface area contributed by atoms with Gasteiger partial charge in [0.1, 0.15) is 0 Å². The molecule has 0 saturated carbocycles. The van der Waals surface area contributed by atoms with E-state index in [1.54, 1.807) is 0 Å². The fourth-order valence-corrected chi connectivity index (χ4v) is 1.86. The van der Waals surface area contributed by atoms with Crippen molar-refractivity contribution in [3.63, 3.8) is 0 Å². The maximum absolute atomic E-state index is 5.77. The Morgan fingerprint density at radius 2 is 1.31 bits per heavy atom. The molecule has 2 heteroatoms. The zero-order chi connectivity index (χ0) is 10.2. The van der Waals surface area contributed by atoms with E-state index in [2.05, 4.69) is 19.7 Å². The maximum atomic E-state index is 5.77. The molecule has 0 amide bonds. The normalized spacial score (nSPS) is 10.8. The van der Waals surface area contributed by atoms with Gasteiger partial charge in [0.05, 0.1) is 32.1 Å². The molecule has 0 heterocycles. The van der Waals surface area contributed by atoms with Crippen LogP contribution in [0.4, 0.5) is 0 Å². The highest BCUT2D eigenvalue weighted by Crippen LogP contribution is 2.08. The molecule has 74 valence electrons. The third kappa shape index (κ3) is 4.30. The van der Waals surface area contributed by atoms with Gasteiger partial charge in [-0.05, 0) is 18.2 Å². The van der Waals surface area contributed by atoms with Crippen LogP contribution in [0.5, 0.6) is 0 Å². The lowest BCUT2D eigenvalue weighted by Gasteiger charge is -2.35. The summed E-state index contributed by atoms with van der Waals surface area (Å²) in [6.07, 6.45) is 5.79. The zero-order valence-electron chi connectivity index (χ0n) is 8.21. The average molecular weight is 201 g/mol. The highest BCUT2D eigenvalue weighted by atomic mass is 35.5. The Morgan fingerprint density at radius 3 is 1.54 bits per heavy atom. The van der Waals surface area contributed by atoms with Gasteiger partial charge in [0, 0.05) is 0 Å². The summed E-state index contributed by atoms with van der Waals surface area (Å²) in [5.74, 6) is 0.662. The summed E-state index contributed by atoms with van der Waals surface area (Å²) in [5, 5.41) is 0. The first-order chi connectivity index (χ1) is 6.24. The van der Waals surface area contributed by atoms with Crippen molar-refractivity contribution >= 4 is 11.6 Å². The molecule has 0 aromatic carbocycles. The molecule has 0 aliphatic rings. The SMILES string of the molecule is C=CC[N+](CC=C)(CC=C)CCCl. The van der Waals surface area contributed by atoms with E-state index in [-0.39, 0.29) is 0 Å². The summed E-state index contributed by atoms with van der Waals surface area (Å²) in [5.41, 5.74) is 0. The van der Waals surface area contributed by atoms with Crippen molar-refractivity contribution in [1.29, 1.82) is 0 Å². The van der Waals surface area contributed by atoms with Crippen LogP contribution in [0.25, 0.3) is 0 Å². The van der Waals surface area contributed by atoms with Gasteiger partial charge in [0.25, 0.3) is 0 Å². The van der Waals surface area contributed by atoms with Crippen molar-refractivity contribution in [2.24, 2.45) is 0 Å². The van der Waals surface area contributed by atoms with Crippen molar-refractivity contribution in [3.05, 3.63) is 38.0 Å². The Balaban J connectivity index is 4.44. The fraction of sp³-hybridized carbons (Fsp3) is 0.455. The molecular weight excluding hydrogens is 182 g/mol. The second-order valence-electron chi connectivity index (χ2n) is 3.17. The molecule has 0 aromatic heterocycles. The molecule has 0 radical (unpaired) electrons. The van der Waals surface area contributed by atoms with Crippen LogP contribution >= 0.6 is 11.6 Å². The minimum atomic E-state index is 0.662. The number of halogens is 1. The maximum Gasteiger partial charge on any atom is 0.0976 e. The predicted molar refractivity (Wildman–Crippen MR) is 61.0 cm³/mol. The van der Waals surface area contributed by atoms with Crippen LogP contribution < -0.4 is 0 Å². The molecule has 0 bridgehead atoms. The molecule has 0 atom stereocenters. The summed E-state index contributed by atoms with van der Waals surface area (Å²) in [4.78, 5) is 0. The van der Waals surface area contributed by atoms with E-state index in [1.165, 1.54) is 0 Å². The zero-order valence-corrected chi connectivity index (χ0v) is 8.97. The van der Waals surface area contributed by atoms with Crippen molar-refractivity contribution in [2.45, 2.75) is 0 Å². The third-order valence-electron chi connectivity index (χ3n) is 2.11. The standard InChI is InChI=1S/C11H19ClN/c1-4-8-13(9-5-2,10-6-3)11-7-12/h4-6H,1-3,7-11H2/q+1. The molecule has 0 N–H and O–H groups in total. The predicted octanol–water partition coefficient (Wildman–Crippen LogP) is 2.60. The Hall–Kier alpha value is -0.530. The van der Waals surface area contributed by atoms with E-state index in [4.69, 9.17) is 11.6 Å². The number of nitrogens with zero attached hydrogens (tertiary/aromatic N) is 1. The third-order valence-corrected chi connectivity index (χ3v) is 2.28. The lowest BCUT2D eigenvalue weighted by molar-refractivity contribution is -0.909. The number of rotatable bonds is 8. The van der Waals surface area contributed by atoms with Gasteiger partial charge in [-0.2, -0.15) is 0 Å². The summed E-state index contributed by atoms with van der Waals surface area (Å²) < 4.78 is 0.889. The molecule has 0 unspecified atom stereocenters. The fourth-order valence-electron chi connectivity index (χ4n) is 1.50. The first kappa shape index (κ1) is 12.5. The lowest BCUT2D eigenvalue weighted by atomic mass is 10.3. The first-order valence-corrected chi connectivity index (χ1v) is 5.02. The Labute approximate surface area is 86.6 Å². The minimum absolute atomic E-state index is 0.662. The Bertz CT molecular complexity index is 148. The topological polar surface area (TPSA) is 0 Å². The largest absolute Gasteiger partial charge is 0.313 e. The van der Waals surface area contributed by atoms with Gasteiger partial charge in [0.15, 0.2) is 0 Å². The number of alkyl halides is 1. The minimum Gasteiger partial charge on any atom is -0.313 e. The molecule has 0 aliphatic carbocycles. The number of hydrogen-bond acceptors (Lipinski definition) is 0. The average Bonchev–Trinajstić information content (AvgIpc) is 2.06. The van der Waals surface area contributed by atoms with Crippen molar-refractivity contribution in [3.8, 4) is 0 Å². The summed E-state index contributed by atoms with van der Waals surface area (Å²) in [6, 6.07) is 0. The van der Waals surface area contributed by atoms with Gasteiger partial charge in [-0.15, -0.1) is 11.6 Å². The van der Waals surface area contributed by atoms with Crippen LogP contribution in [0.3, 0.4) is 0 Å².